The molecule has 0 spiro atoms. The molecule has 0 aliphatic heterocycles. The number of ether oxygens (including phenoxy) is 2. The zero-order valence-electron chi connectivity index (χ0n) is 25.6. The van der Waals surface area contributed by atoms with Gasteiger partial charge in [0.05, 0.1) is 19.0 Å². The summed E-state index contributed by atoms with van der Waals surface area (Å²) >= 11 is 0. The van der Waals surface area contributed by atoms with Gasteiger partial charge in [0.15, 0.2) is 6.29 Å². The van der Waals surface area contributed by atoms with E-state index in [1.807, 2.05) is 135 Å². The molecular formula is C37H43N3O4. The van der Waals surface area contributed by atoms with Crippen LogP contribution in [-0.4, -0.2) is 55.3 Å². The third-order valence-corrected chi connectivity index (χ3v) is 7.57. The molecular weight excluding hydrogens is 550 g/mol. The van der Waals surface area contributed by atoms with Crippen molar-refractivity contribution in [2.75, 3.05) is 26.3 Å². The minimum Gasteiger partial charge on any atom is -0.351 e. The summed E-state index contributed by atoms with van der Waals surface area (Å²) in [5.41, 5.74) is 9.30. The van der Waals surface area contributed by atoms with Gasteiger partial charge in [0.1, 0.15) is 5.54 Å². The van der Waals surface area contributed by atoms with Gasteiger partial charge in [-0.05, 0) is 42.5 Å². The summed E-state index contributed by atoms with van der Waals surface area (Å²) < 4.78 is 11.5. The molecule has 4 aromatic carbocycles. The molecule has 0 heterocycles. The number of rotatable bonds is 16. The molecule has 0 aromatic heterocycles. The average molecular weight is 594 g/mol. The van der Waals surface area contributed by atoms with Gasteiger partial charge in [0.25, 0.3) is 0 Å². The van der Waals surface area contributed by atoms with Gasteiger partial charge < -0.3 is 25.4 Å². The summed E-state index contributed by atoms with van der Waals surface area (Å²) in [6.07, 6.45) is -0.147. The molecule has 2 amide bonds. The van der Waals surface area contributed by atoms with Crippen molar-refractivity contribution in [1.29, 1.82) is 0 Å². The Morgan fingerprint density at radius 1 is 0.727 bits per heavy atom. The van der Waals surface area contributed by atoms with E-state index in [9.17, 15) is 9.59 Å². The van der Waals surface area contributed by atoms with Crippen LogP contribution in [0.3, 0.4) is 0 Å². The smallest absolute Gasteiger partial charge is 0.240 e. The standard InChI is InChI=1S/C37H43N3O4/c1-3-43-35(44-4-2)28-40(26-25-29-17-9-5-10-18-29)36(42)33(38)27-34(41)39-37(30-19-11-6-12-20-30,31-21-13-7-14-22-31)32-23-15-8-16-24-32/h5-24,33,35H,3-4,25-28,38H2,1-2H3,(H,39,41)/t33-/m0/s1. The number of benzene rings is 4. The van der Waals surface area contributed by atoms with E-state index in [4.69, 9.17) is 15.2 Å². The van der Waals surface area contributed by atoms with E-state index >= 15 is 0 Å². The predicted octanol–water partition coefficient (Wildman–Crippen LogP) is 5.28. The molecule has 0 saturated heterocycles. The van der Waals surface area contributed by atoms with Gasteiger partial charge in [-0.1, -0.05) is 121 Å². The highest BCUT2D eigenvalue weighted by atomic mass is 16.7. The first-order valence-corrected chi connectivity index (χ1v) is 15.3. The highest BCUT2D eigenvalue weighted by molar-refractivity contribution is 5.89. The number of hydrogen-bond donors (Lipinski definition) is 2. The molecule has 7 heteroatoms. The van der Waals surface area contributed by atoms with Crippen molar-refractivity contribution in [3.8, 4) is 0 Å². The minimum absolute atomic E-state index is 0.192. The van der Waals surface area contributed by atoms with Gasteiger partial charge in [-0.3, -0.25) is 9.59 Å². The molecule has 230 valence electrons. The number of nitrogens with two attached hydrogens (primary N) is 1. The topological polar surface area (TPSA) is 93.9 Å². The van der Waals surface area contributed by atoms with Gasteiger partial charge in [-0.2, -0.15) is 0 Å². The van der Waals surface area contributed by atoms with Crippen LogP contribution in [-0.2, 0) is 31.0 Å². The molecule has 0 aliphatic rings. The summed E-state index contributed by atoms with van der Waals surface area (Å²) in [5, 5.41) is 3.30. The maximum Gasteiger partial charge on any atom is 0.240 e. The number of carbonyl (C=O) groups is 2. The summed E-state index contributed by atoms with van der Waals surface area (Å²) in [7, 11) is 0. The van der Waals surface area contributed by atoms with E-state index in [2.05, 4.69) is 5.32 Å². The maximum atomic E-state index is 13.9. The summed E-state index contributed by atoms with van der Waals surface area (Å²) in [5.74, 6) is -0.665. The lowest BCUT2D eigenvalue weighted by Gasteiger charge is -2.37. The normalized spacial score (nSPS) is 12.1. The van der Waals surface area contributed by atoms with Crippen LogP contribution in [0.5, 0.6) is 0 Å². The van der Waals surface area contributed by atoms with Crippen molar-refractivity contribution < 1.29 is 19.1 Å². The van der Waals surface area contributed by atoms with Crippen LogP contribution in [0.1, 0.15) is 42.5 Å². The van der Waals surface area contributed by atoms with Gasteiger partial charge in [-0.15, -0.1) is 0 Å². The summed E-state index contributed by atoms with van der Waals surface area (Å²) in [6, 6.07) is 38.4. The first-order valence-electron chi connectivity index (χ1n) is 15.3. The molecule has 4 rings (SSSR count). The third kappa shape index (κ3) is 8.41. The number of amides is 2. The molecule has 1 atom stereocenters. The second kappa shape index (κ2) is 16.5. The third-order valence-electron chi connectivity index (χ3n) is 7.57. The summed E-state index contributed by atoms with van der Waals surface area (Å²) in [6.45, 7) is 5.29. The average Bonchev–Trinajstić information content (AvgIpc) is 3.07. The molecule has 0 unspecified atom stereocenters. The monoisotopic (exact) mass is 593 g/mol. The molecule has 0 aliphatic carbocycles. The van der Waals surface area contributed by atoms with E-state index in [1.165, 1.54) is 0 Å². The van der Waals surface area contributed by atoms with Crippen molar-refractivity contribution in [1.82, 2.24) is 10.2 Å². The zero-order valence-corrected chi connectivity index (χ0v) is 25.6. The Hall–Kier alpha value is -4.30. The molecule has 4 aromatic rings. The largest absolute Gasteiger partial charge is 0.351 e. The van der Waals surface area contributed by atoms with Crippen molar-refractivity contribution >= 4 is 11.8 Å². The minimum atomic E-state index is -1.06. The van der Waals surface area contributed by atoms with Crippen molar-refractivity contribution in [3.05, 3.63) is 144 Å². The lowest BCUT2D eigenvalue weighted by Crippen LogP contribution is -2.52. The lowest BCUT2D eigenvalue weighted by atomic mass is 9.77. The highest BCUT2D eigenvalue weighted by Crippen LogP contribution is 2.36. The fourth-order valence-electron chi connectivity index (χ4n) is 5.47. The molecule has 0 radical (unpaired) electrons. The molecule has 7 nitrogen and oxygen atoms in total. The van der Waals surface area contributed by atoms with Crippen LogP contribution in [0, 0.1) is 0 Å². The Bertz CT molecular complexity index is 1320. The van der Waals surface area contributed by atoms with E-state index < -0.39 is 17.9 Å². The van der Waals surface area contributed by atoms with Gasteiger partial charge >= 0.3 is 0 Å². The molecule has 44 heavy (non-hydrogen) atoms. The maximum absolute atomic E-state index is 13.9. The second-order valence-electron chi connectivity index (χ2n) is 10.6. The fraction of sp³-hybridized carbons (Fsp3) is 0.297. The Morgan fingerprint density at radius 3 is 1.59 bits per heavy atom. The van der Waals surface area contributed by atoms with Crippen LogP contribution in [0.15, 0.2) is 121 Å². The van der Waals surface area contributed by atoms with Gasteiger partial charge in [-0.25, -0.2) is 0 Å². The molecule has 3 N–H and O–H groups in total. The van der Waals surface area contributed by atoms with Crippen LogP contribution in [0.4, 0.5) is 0 Å². The Balaban J connectivity index is 1.60. The number of nitrogens with one attached hydrogen (secondary N) is 1. The number of carbonyl (C=O) groups excluding carboxylic acids is 2. The van der Waals surface area contributed by atoms with E-state index in [-0.39, 0.29) is 24.8 Å². The van der Waals surface area contributed by atoms with E-state index in [0.717, 1.165) is 22.3 Å². The fourth-order valence-corrected chi connectivity index (χ4v) is 5.47. The second-order valence-corrected chi connectivity index (χ2v) is 10.6. The Morgan fingerprint density at radius 2 is 1.16 bits per heavy atom. The van der Waals surface area contributed by atoms with Gasteiger partial charge in [0, 0.05) is 19.8 Å². The van der Waals surface area contributed by atoms with Crippen LogP contribution in [0.25, 0.3) is 0 Å². The first-order chi connectivity index (χ1) is 21.5. The predicted molar refractivity (Wildman–Crippen MR) is 174 cm³/mol. The van der Waals surface area contributed by atoms with E-state index in [1.54, 1.807) is 4.90 Å². The molecule has 0 saturated carbocycles. The Labute approximate surface area is 261 Å². The van der Waals surface area contributed by atoms with Crippen molar-refractivity contribution in [2.24, 2.45) is 5.73 Å². The van der Waals surface area contributed by atoms with Crippen LogP contribution in [0.2, 0.25) is 0 Å². The van der Waals surface area contributed by atoms with E-state index in [0.29, 0.717) is 26.2 Å². The number of nitrogens with zero attached hydrogens (tertiary/aromatic N) is 1. The SMILES string of the molecule is CCOC(CN(CCc1ccccc1)C(=O)[C@@H](N)CC(=O)NC(c1ccccc1)(c1ccccc1)c1ccccc1)OCC. The van der Waals surface area contributed by atoms with Gasteiger partial charge in [0.2, 0.25) is 11.8 Å². The van der Waals surface area contributed by atoms with Crippen molar-refractivity contribution in [3.63, 3.8) is 0 Å². The summed E-state index contributed by atoms with van der Waals surface area (Å²) in [4.78, 5) is 29.4. The zero-order chi connectivity index (χ0) is 31.2. The Kier molecular flexibility index (Phi) is 12.2. The number of hydrogen-bond acceptors (Lipinski definition) is 5. The molecule has 0 fully saturated rings. The van der Waals surface area contributed by atoms with Crippen LogP contribution >= 0.6 is 0 Å². The highest BCUT2D eigenvalue weighted by Gasteiger charge is 2.38. The lowest BCUT2D eigenvalue weighted by molar-refractivity contribution is -0.159. The molecule has 0 bridgehead atoms. The van der Waals surface area contributed by atoms with Crippen LogP contribution < -0.4 is 11.1 Å². The van der Waals surface area contributed by atoms with Crippen molar-refractivity contribution in [2.45, 2.75) is 44.6 Å². The quantitative estimate of drug-likeness (QED) is 0.136. The first kappa shape index (κ1) is 32.6.